The molecular formula is C4H7O3. The van der Waals surface area contributed by atoms with E-state index in [2.05, 4.69) is 9.78 Å². The van der Waals surface area contributed by atoms with Gasteiger partial charge in [-0.15, -0.1) is 0 Å². The first-order valence-electron chi connectivity index (χ1n) is 2.07. The van der Waals surface area contributed by atoms with Crippen molar-refractivity contribution >= 4 is 6.47 Å². The first-order chi connectivity index (χ1) is 3.41. The summed E-state index contributed by atoms with van der Waals surface area (Å²) in [4.78, 5) is 17.2. The normalized spacial score (nSPS) is 8.14. The molecule has 0 amide bonds. The van der Waals surface area contributed by atoms with E-state index in [1.807, 2.05) is 6.92 Å². The molecule has 0 unspecified atom stereocenters. The predicted octanol–water partition coefficient (Wildman–Crippen LogP) is 0.412. The van der Waals surface area contributed by atoms with Crippen LogP contribution in [0.1, 0.15) is 13.3 Å². The van der Waals surface area contributed by atoms with Gasteiger partial charge in [0.25, 0.3) is 0 Å². The molecule has 0 saturated heterocycles. The van der Waals surface area contributed by atoms with Crippen molar-refractivity contribution in [2.45, 2.75) is 13.3 Å². The highest BCUT2D eigenvalue weighted by Crippen LogP contribution is 1.76. The van der Waals surface area contributed by atoms with E-state index in [0.717, 1.165) is 12.9 Å². The topological polar surface area (TPSA) is 35.5 Å². The highest BCUT2D eigenvalue weighted by molar-refractivity contribution is 5.36. The summed E-state index contributed by atoms with van der Waals surface area (Å²) in [7, 11) is 0. The summed E-state index contributed by atoms with van der Waals surface area (Å²) in [6, 6.07) is 0. The standard InChI is InChI=1S/C4H7O3/c1-2-3-6-7-4-5/h2-3H2,1H3. The number of rotatable bonds is 4. The van der Waals surface area contributed by atoms with Gasteiger partial charge >= 0.3 is 6.47 Å². The van der Waals surface area contributed by atoms with E-state index in [9.17, 15) is 4.79 Å². The minimum Gasteiger partial charge on any atom is -0.285 e. The Morgan fingerprint density at radius 2 is 2.43 bits per heavy atom. The van der Waals surface area contributed by atoms with Crippen LogP contribution in [-0.2, 0) is 14.6 Å². The molecule has 0 spiro atoms. The van der Waals surface area contributed by atoms with Gasteiger partial charge in [0.2, 0.25) is 0 Å². The Bertz CT molecular complexity index is 44.2. The molecule has 41 valence electrons. The lowest BCUT2D eigenvalue weighted by Gasteiger charge is -1.89. The van der Waals surface area contributed by atoms with E-state index in [-0.39, 0.29) is 0 Å². The number of hydrogen-bond donors (Lipinski definition) is 0. The average molecular weight is 103 g/mol. The largest absolute Gasteiger partial charge is 0.453 e. The van der Waals surface area contributed by atoms with Crippen LogP contribution in [0.3, 0.4) is 0 Å². The van der Waals surface area contributed by atoms with Crippen LogP contribution in [0.5, 0.6) is 0 Å². The average Bonchev–Trinajstić information content (AvgIpc) is 1.69. The lowest BCUT2D eigenvalue weighted by atomic mass is 10.5. The van der Waals surface area contributed by atoms with Gasteiger partial charge in [0.1, 0.15) is 0 Å². The first-order valence-corrected chi connectivity index (χ1v) is 2.07. The molecule has 0 aromatic rings. The third-order valence-corrected chi connectivity index (χ3v) is 0.380. The van der Waals surface area contributed by atoms with E-state index < -0.39 is 0 Å². The van der Waals surface area contributed by atoms with Crippen molar-refractivity contribution in [2.75, 3.05) is 6.61 Å². The van der Waals surface area contributed by atoms with Gasteiger partial charge in [-0.2, -0.15) is 4.89 Å². The molecule has 0 atom stereocenters. The Balaban J connectivity index is 2.56. The summed E-state index contributed by atoms with van der Waals surface area (Å²) in [6.45, 7) is 3.48. The van der Waals surface area contributed by atoms with Gasteiger partial charge in [-0.3, -0.25) is 4.89 Å². The molecule has 0 aliphatic rings. The van der Waals surface area contributed by atoms with Crippen LogP contribution in [0.25, 0.3) is 0 Å². The summed E-state index contributed by atoms with van der Waals surface area (Å²) >= 11 is 0. The Hall–Kier alpha value is -0.570. The molecule has 3 heteroatoms. The second-order valence-electron chi connectivity index (χ2n) is 0.989. The zero-order valence-electron chi connectivity index (χ0n) is 4.14. The fourth-order valence-corrected chi connectivity index (χ4v) is 0.149. The highest BCUT2D eigenvalue weighted by Gasteiger charge is 1.79. The Morgan fingerprint density at radius 1 is 1.71 bits per heavy atom. The second-order valence-corrected chi connectivity index (χ2v) is 0.989. The van der Waals surface area contributed by atoms with Crippen LogP contribution in [0, 0.1) is 0 Å². The first kappa shape index (κ1) is 6.43. The van der Waals surface area contributed by atoms with Gasteiger partial charge < -0.3 is 0 Å². The van der Waals surface area contributed by atoms with Gasteiger partial charge in [-0.05, 0) is 6.42 Å². The van der Waals surface area contributed by atoms with E-state index in [1.165, 1.54) is 0 Å². The number of hydrogen-bond acceptors (Lipinski definition) is 3. The number of carbonyl (C=O) groups excluding carboxylic acids is 1. The van der Waals surface area contributed by atoms with Crippen molar-refractivity contribution in [3.8, 4) is 0 Å². The molecule has 0 saturated carbocycles. The fraction of sp³-hybridized carbons (Fsp3) is 0.750. The third kappa shape index (κ3) is 5.43. The van der Waals surface area contributed by atoms with Crippen LogP contribution >= 0.6 is 0 Å². The van der Waals surface area contributed by atoms with Crippen molar-refractivity contribution in [3.63, 3.8) is 0 Å². The zero-order valence-corrected chi connectivity index (χ0v) is 4.14. The van der Waals surface area contributed by atoms with E-state index in [4.69, 9.17) is 0 Å². The molecular weight excluding hydrogens is 96.0 g/mol. The zero-order chi connectivity index (χ0) is 5.54. The quantitative estimate of drug-likeness (QED) is 0.293. The SMILES string of the molecule is CCCOO[C]=O. The molecule has 0 fully saturated rings. The molecule has 0 N–H and O–H groups in total. The van der Waals surface area contributed by atoms with Crippen molar-refractivity contribution in [1.29, 1.82) is 0 Å². The Kier molecular flexibility index (Phi) is 4.99. The molecule has 0 heterocycles. The van der Waals surface area contributed by atoms with Crippen LogP contribution in [-0.4, -0.2) is 13.1 Å². The lowest BCUT2D eigenvalue weighted by molar-refractivity contribution is -0.221. The summed E-state index contributed by atoms with van der Waals surface area (Å²) in [5, 5.41) is 0. The predicted molar refractivity (Wildman–Crippen MR) is 23.0 cm³/mol. The highest BCUT2D eigenvalue weighted by atomic mass is 17.2. The van der Waals surface area contributed by atoms with Gasteiger partial charge in [0.15, 0.2) is 0 Å². The summed E-state index contributed by atoms with van der Waals surface area (Å²) in [6.07, 6.45) is 0.835. The molecule has 0 aliphatic heterocycles. The maximum absolute atomic E-state index is 9.21. The van der Waals surface area contributed by atoms with Crippen LogP contribution < -0.4 is 0 Å². The van der Waals surface area contributed by atoms with Crippen molar-refractivity contribution in [1.82, 2.24) is 0 Å². The molecule has 0 aromatic carbocycles. The van der Waals surface area contributed by atoms with E-state index in [1.54, 1.807) is 0 Å². The molecule has 3 nitrogen and oxygen atoms in total. The van der Waals surface area contributed by atoms with Gasteiger partial charge in [0, 0.05) is 0 Å². The Morgan fingerprint density at radius 3 is 2.86 bits per heavy atom. The maximum Gasteiger partial charge on any atom is 0.453 e. The van der Waals surface area contributed by atoms with Crippen LogP contribution in [0.15, 0.2) is 0 Å². The Labute approximate surface area is 42.2 Å². The fourth-order valence-electron chi connectivity index (χ4n) is 0.149. The summed E-state index contributed by atoms with van der Waals surface area (Å²) in [5.74, 6) is 0. The van der Waals surface area contributed by atoms with E-state index >= 15 is 0 Å². The summed E-state index contributed by atoms with van der Waals surface area (Å²) < 4.78 is 0. The van der Waals surface area contributed by atoms with Crippen molar-refractivity contribution < 1.29 is 14.6 Å². The summed E-state index contributed by atoms with van der Waals surface area (Å²) in [5.41, 5.74) is 0. The second kappa shape index (κ2) is 5.43. The molecule has 0 rings (SSSR count). The van der Waals surface area contributed by atoms with Crippen molar-refractivity contribution in [3.05, 3.63) is 0 Å². The van der Waals surface area contributed by atoms with Gasteiger partial charge in [0.05, 0.1) is 6.61 Å². The van der Waals surface area contributed by atoms with Gasteiger partial charge in [-0.25, -0.2) is 4.79 Å². The third-order valence-electron chi connectivity index (χ3n) is 0.380. The minimum absolute atomic E-state index is 0.440. The smallest absolute Gasteiger partial charge is 0.285 e. The monoisotopic (exact) mass is 103 g/mol. The van der Waals surface area contributed by atoms with Crippen LogP contribution in [0.2, 0.25) is 0 Å². The van der Waals surface area contributed by atoms with Crippen LogP contribution in [0.4, 0.5) is 0 Å². The van der Waals surface area contributed by atoms with Crippen molar-refractivity contribution in [2.24, 2.45) is 0 Å². The lowest BCUT2D eigenvalue weighted by Crippen LogP contribution is -1.91. The molecule has 0 aliphatic carbocycles. The molecule has 0 bridgehead atoms. The minimum atomic E-state index is 0.440. The molecule has 7 heavy (non-hydrogen) atoms. The van der Waals surface area contributed by atoms with E-state index in [0.29, 0.717) is 6.61 Å². The maximum atomic E-state index is 9.21. The van der Waals surface area contributed by atoms with Gasteiger partial charge in [-0.1, -0.05) is 6.92 Å². The molecule has 0 aromatic heterocycles. The molecule has 1 radical (unpaired) electrons.